The first-order chi connectivity index (χ1) is 5.21. The summed E-state index contributed by atoms with van der Waals surface area (Å²) in [4.78, 5) is 0. The Morgan fingerprint density at radius 3 is 2.18 bits per heavy atom. The van der Waals surface area contributed by atoms with Crippen molar-refractivity contribution in [3.05, 3.63) is 0 Å². The van der Waals surface area contributed by atoms with Gasteiger partial charge >= 0.3 is 0 Å². The molecule has 0 aliphatic carbocycles. The summed E-state index contributed by atoms with van der Waals surface area (Å²) >= 11 is 0. The van der Waals surface area contributed by atoms with E-state index in [1.807, 2.05) is 0 Å². The lowest BCUT2D eigenvalue weighted by Gasteiger charge is -2.37. The molecule has 0 spiro atoms. The van der Waals surface area contributed by atoms with Gasteiger partial charge in [-0.05, 0) is 13.8 Å². The van der Waals surface area contributed by atoms with Crippen LogP contribution in [0.1, 0.15) is 26.7 Å². The highest BCUT2D eigenvalue weighted by Crippen LogP contribution is 2.22. The normalized spacial score (nSPS) is 22.9. The van der Waals surface area contributed by atoms with E-state index in [1.165, 1.54) is 30.4 Å². The molecular formula is C9H20NO+. The zero-order valence-electron chi connectivity index (χ0n) is 7.97. The largest absolute Gasteiger partial charge is 0.335 e. The fourth-order valence-corrected chi connectivity index (χ4v) is 2.02. The van der Waals surface area contributed by atoms with E-state index in [9.17, 15) is 0 Å². The van der Waals surface area contributed by atoms with E-state index in [0.717, 1.165) is 12.8 Å². The maximum absolute atomic E-state index is 5.26. The molecule has 0 amide bonds. The van der Waals surface area contributed by atoms with Gasteiger partial charge in [0.15, 0.2) is 6.73 Å². The summed E-state index contributed by atoms with van der Waals surface area (Å²) in [7, 11) is 1.81. The molecule has 0 saturated carbocycles. The summed E-state index contributed by atoms with van der Waals surface area (Å²) in [5.74, 6) is 0. The minimum absolute atomic E-state index is 0.720. The number of rotatable bonds is 3. The zero-order valence-corrected chi connectivity index (χ0v) is 7.97. The smallest absolute Gasteiger partial charge is 0.182 e. The molecule has 1 saturated heterocycles. The predicted molar refractivity (Wildman–Crippen MR) is 46.2 cm³/mol. The van der Waals surface area contributed by atoms with Crippen LogP contribution >= 0.6 is 0 Å². The van der Waals surface area contributed by atoms with Crippen LogP contribution in [0.2, 0.25) is 0 Å². The summed E-state index contributed by atoms with van der Waals surface area (Å²) in [5, 5.41) is 0. The first-order valence-electron chi connectivity index (χ1n) is 4.56. The van der Waals surface area contributed by atoms with Gasteiger partial charge in [0, 0.05) is 20.0 Å². The van der Waals surface area contributed by atoms with E-state index in [4.69, 9.17) is 4.74 Å². The third kappa shape index (κ3) is 1.74. The molecule has 0 aromatic carbocycles. The van der Waals surface area contributed by atoms with Gasteiger partial charge in [0.1, 0.15) is 0 Å². The second-order valence-electron chi connectivity index (χ2n) is 3.88. The minimum atomic E-state index is 0.720. The summed E-state index contributed by atoms with van der Waals surface area (Å²) in [5.41, 5.74) is 0. The topological polar surface area (TPSA) is 9.23 Å². The lowest BCUT2D eigenvalue weighted by molar-refractivity contribution is -0.953. The Kier molecular flexibility index (Phi) is 2.90. The van der Waals surface area contributed by atoms with E-state index in [2.05, 4.69) is 13.8 Å². The van der Waals surface area contributed by atoms with Crippen LogP contribution in [0.15, 0.2) is 0 Å². The van der Waals surface area contributed by atoms with E-state index >= 15 is 0 Å². The maximum atomic E-state index is 5.26. The van der Waals surface area contributed by atoms with Crippen LogP contribution in [0.5, 0.6) is 0 Å². The molecule has 2 nitrogen and oxygen atoms in total. The summed E-state index contributed by atoms with van der Waals surface area (Å²) < 4.78 is 6.44. The quantitative estimate of drug-likeness (QED) is 0.567. The SMILES string of the molecule is COC[N+]1(C(C)C)CCCC1. The van der Waals surface area contributed by atoms with Crippen LogP contribution in [0.4, 0.5) is 0 Å². The Balaban J connectivity index is 2.55. The molecule has 0 unspecified atom stereocenters. The van der Waals surface area contributed by atoms with Crippen LogP contribution in [-0.4, -0.2) is 37.5 Å². The lowest BCUT2D eigenvalue weighted by Crippen LogP contribution is -2.51. The fourth-order valence-electron chi connectivity index (χ4n) is 2.02. The van der Waals surface area contributed by atoms with Gasteiger partial charge in [-0.15, -0.1) is 0 Å². The highest BCUT2D eigenvalue weighted by molar-refractivity contribution is 4.55. The summed E-state index contributed by atoms with van der Waals surface area (Å²) in [6.07, 6.45) is 2.75. The summed E-state index contributed by atoms with van der Waals surface area (Å²) in [6.45, 7) is 8.11. The molecule has 1 fully saturated rings. The van der Waals surface area contributed by atoms with Crippen molar-refractivity contribution in [1.82, 2.24) is 0 Å². The molecule has 0 radical (unpaired) electrons. The number of methoxy groups -OCH3 is 1. The van der Waals surface area contributed by atoms with Gasteiger partial charge in [-0.3, -0.25) is 4.48 Å². The first kappa shape index (κ1) is 9.01. The molecule has 1 heterocycles. The van der Waals surface area contributed by atoms with Crippen molar-refractivity contribution in [2.75, 3.05) is 26.9 Å². The first-order valence-corrected chi connectivity index (χ1v) is 4.56. The Bertz CT molecular complexity index is 117. The number of hydrogen-bond acceptors (Lipinski definition) is 1. The molecule has 0 bridgehead atoms. The molecule has 2 heteroatoms. The minimum Gasteiger partial charge on any atom is -0.335 e. The van der Waals surface area contributed by atoms with Crippen LogP contribution in [0.25, 0.3) is 0 Å². The van der Waals surface area contributed by atoms with Gasteiger partial charge in [-0.1, -0.05) is 0 Å². The standard InChI is InChI=1S/C9H20NO/c1-9(2)10(8-11-3)6-4-5-7-10/h9H,4-8H2,1-3H3/q+1. The number of likely N-dealkylation sites (tertiary alicyclic amines) is 1. The van der Waals surface area contributed by atoms with Crippen molar-refractivity contribution in [2.24, 2.45) is 0 Å². The predicted octanol–water partition coefficient (Wildman–Crippen LogP) is 1.61. The van der Waals surface area contributed by atoms with Gasteiger partial charge in [-0.25, -0.2) is 0 Å². The van der Waals surface area contributed by atoms with Crippen molar-refractivity contribution in [1.29, 1.82) is 0 Å². The maximum Gasteiger partial charge on any atom is 0.182 e. The molecule has 0 aromatic rings. The van der Waals surface area contributed by atoms with Crippen LogP contribution in [-0.2, 0) is 4.74 Å². The van der Waals surface area contributed by atoms with Crippen LogP contribution < -0.4 is 0 Å². The van der Waals surface area contributed by atoms with Crippen molar-refractivity contribution in [3.8, 4) is 0 Å². The molecule has 1 rings (SSSR count). The Morgan fingerprint density at radius 2 is 1.82 bits per heavy atom. The monoisotopic (exact) mass is 158 g/mol. The van der Waals surface area contributed by atoms with Crippen molar-refractivity contribution < 1.29 is 9.22 Å². The van der Waals surface area contributed by atoms with Crippen molar-refractivity contribution in [2.45, 2.75) is 32.7 Å². The fraction of sp³-hybridized carbons (Fsp3) is 1.00. The molecule has 1 aliphatic rings. The second kappa shape index (κ2) is 3.55. The molecule has 66 valence electrons. The molecule has 1 aliphatic heterocycles. The third-order valence-electron chi connectivity index (χ3n) is 2.94. The molecule has 11 heavy (non-hydrogen) atoms. The highest BCUT2D eigenvalue weighted by atomic mass is 16.5. The third-order valence-corrected chi connectivity index (χ3v) is 2.94. The van der Waals surface area contributed by atoms with Gasteiger partial charge in [0.25, 0.3) is 0 Å². The Hall–Kier alpha value is -0.0800. The zero-order chi connectivity index (χ0) is 8.32. The number of nitrogens with zero attached hydrogens (tertiary/aromatic N) is 1. The highest BCUT2D eigenvalue weighted by Gasteiger charge is 2.34. The van der Waals surface area contributed by atoms with E-state index in [0.29, 0.717) is 0 Å². The average molecular weight is 158 g/mol. The van der Waals surface area contributed by atoms with Crippen molar-refractivity contribution >= 4 is 0 Å². The second-order valence-corrected chi connectivity index (χ2v) is 3.88. The van der Waals surface area contributed by atoms with Crippen LogP contribution in [0, 0.1) is 0 Å². The Labute approximate surface area is 69.7 Å². The molecule has 0 atom stereocenters. The summed E-state index contributed by atoms with van der Waals surface area (Å²) in [6, 6.07) is 0.720. The number of quaternary nitrogens is 1. The van der Waals surface area contributed by atoms with Gasteiger partial charge in [-0.2, -0.15) is 0 Å². The molecule has 0 aromatic heterocycles. The van der Waals surface area contributed by atoms with Gasteiger partial charge in [0.2, 0.25) is 0 Å². The van der Waals surface area contributed by atoms with Crippen LogP contribution in [0.3, 0.4) is 0 Å². The Morgan fingerprint density at radius 1 is 1.27 bits per heavy atom. The number of ether oxygens (including phenoxy) is 1. The van der Waals surface area contributed by atoms with E-state index < -0.39 is 0 Å². The van der Waals surface area contributed by atoms with Gasteiger partial charge in [0.05, 0.1) is 19.1 Å². The lowest BCUT2D eigenvalue weighted by atomic mass is 10.3. The van der Waals surface area contributed by atoms with E-state index in [-0.39, 0.29) is 0 Å². The van der Waals surface area contributed by atoms with Crippen molar-refractivity contribution in [3.63, 3.8) is 0 Å². The molecular weight excluding hydrogens is 138 g/mol. The average Bonchev–Trinajstić information content (AvgIpc) is 2.38. The van der Waals surface area contributed by atoms with E-state index in [1.54, 1.807) is 7.11 Å². The molecule has 0 N–H and O–H groups in total. The van der Waals surface area contributed by atoms with Gasteiger partial charge < -0.3 is 4.74 Å². The number of hydrogen-bond donors (Lipinski definition) is 0.